The van der Waals surface area contributed by atoms with Gasteiger partial charge in [-0.25, -0.2) is 4.98 Å². The van der Waals surface area contributed by atoms with E-state index in [0.29, 0.717) is 0 Å². The summed E-state index contributed by atoms with van der Waals surface area (Å²) in [4.78, 5) is 20.9. The summed E-state index contributed by atoms with van der Waals surface area (Å²) in [6, 6.07) is 3.78. The van der Waals surface area contributed by atoms with Gasteiger partial charge in [0, 0.05) is 18.1 Å². The first-order chi connectivity index (χ1) is 9.36. The highest BCUT2D eigenvalue weighted by Gasteiger charge is 2.51. The fraction of sp³-hybridized carbons (Fsp3) is 0.385. The van der Waals surface area contributed by atoms with E-state index in [1.165, 1.54) is 11.3 Å². The number of amides is 1. The number of rotatable bonds is 2. The van der Waals surface area contributed by atoms with E-state index in [1.54, 1.807) is 17.4 Å². The quantitative estimate of drug-likeness (QED) is 0.843. The molecule has 2 aliphatic heterocycles. The highest BCUT2D eigenvalue weighted by Crippen LogP contribution is 2.42. The van der Waals surface area contributed by atoms with Crippen molar-refractivity contribution in [2.75, 3.05) is 11.4 Å². The van der Waals surface area contributed by atoms with Crippen LogP contribution in [0.2, 0.25) is 0 Å². The molecule has 0 radical (unpaired) electrons. The zero-order valence-electron chi connectivity index (χ0n) is 10.2. The van der Waals surface area contributed by atoms with Crippen LogP contribution in [0, 0.1) is 0 Å². The molecular weight excluding hydrogens is 262 g/mol. The summed E-state index contributed by atoms with van der Waals surface area (Å²) in [7, 11) is 0. The first kappa shape index (κ1) is 11.2. The molecule has 4 rings (SSSR count). The molecule has 2 saturated heterocycles. The highest BCUT2D eigenvalue weighted by atomic mass is 32.1. The molecule has 4 heterocycles. The van der Waals surface area contributed by atoms with Crippen molar-refractivity contribution in [1.29, 1.82) is 0 Å². The predicted octanol–water partition coefficient (Wildman–Crippen LogP) is 2.25. The van der Waals surface area contributed by atoms with Crippen molar-refractivity contribution in [2.24, 2.45) is 0 Å². The molecule has 98 valence electrons. The van der Waals surface area contributed by atoms with E-state index in [4.69, 9.17) is 4.42 Å². The molecule has 5 nitrogen and oxygen atoms in total. The summed E-state index contributed by atoms with van der Waals surface area (Å²) in [5.74, 6) is 0.960. The normalized spacial score (nSPS) is 27.2. The Labute approximate surface area is 114 Å². The average Bonchev–Trinajstić information content (AvgIpc) is 3.15. The SMILES string of the molecule is O=C1C2CCCN2C(c2ccco2)N1c1nccs1. The van der Waals surface area contributed by atoms with Gasteiger partial charge in [0.2, 0.25) is 5.91 Å². The first-order valence-corrected chi connectivity index (χ1v) is 7.26. The number of hydrogen-bond donors (Lipinski definition) is 0. The smallest absolute Gasteiger partial charge is 0.247 e. The van der Waals surface area contributed by atoms with E-state index in [2.05, 4.69) is 9.88 Å². The van der Waals surface area contributed by atoms with Gasteiger partial charge in [-0.05, 0) is 25.0 Å². The fourth-order valence-electron chi connectivity index (χ4n) is 3.04. The van der Waals surface area contributed by atoms with Gasteiger partial charge in [-0.2, -0.15) is 0 Å². The van der Waals surface area contributed by atoms with Crippen LogP contribution < -0.4 is 4.90 Å². The van der Waals surface area contributed by atoms with Crippen molar-refractivity contribution in [2.45, 2.75) is 25.0 Å². The lowest BCUT2D eigenvalue weighted by molar-refractivity contribution is -0.119. The number of anilines is 1. The van der Waals surface area contributed by atoms with Crippen LogP contribution in [0.5, 0.6) is 0 Å². The molecule has 0 spiro atoms. The van der Waals surface area contributed by atoms with Crippen molar-refractivity contribution in [1.82, 2.24) is 9.88 Å². The van der Waals surface area contributed by atoms with Crippen LogP contribution >= 0.6 is 11.3 Å². The number of fused-ring (bicyclic) bond motifs is 1. The largest absolute Gasteiger partial charge is 0.466 e. The molecule has 2 aliphatic rings. The zero-order valence-corrected chi connectivity index (χ0v) is 11.0. The second-order valence-corrected chi connectivity index (χ2v) is 5.68. The standard InChI is InChI=1S/C13H13N3O2S/c17-12-9-3-1-6-15(9)11(10-4-2-7-18-10)16(12)13-14-5-8-19-13/h2,4-5,7-9,11H,1,3,6H2. The van der Waals surface area contributed by atoms with E-state index in [-0.39, 0.29) is 18.1 Å². The molecule has 2 aromatic heterocycles. The molecule has 2 fully saturated rings. The maximum atomic E-state index is 12.6. The molecular formula is C13H13N3O2S. The third-order valence-electron chi connectivity index (χ3n) is 3.80. The summed E-state index contributed by atoms with van der Waals surface area (Å²) in [6.07, 6.45) is 5.25. The van der Waals surface area contributed by atoms with Gasteiger partial charge < -0.3 is 4.42 Å². The zero-order chi connectivity index (χ0) is 12.8. The van der Waals surface area contributed by atoms with Crippen molar-refractivity contribution < 1.29 is 9.21 Å². The number of carbonyl (C=O) groups is 1. The van der Waals surface area contributed by atoms with Crippen molar-refractivity contribution in [3.8, 4) is 0 Å². The Morgan fingerprint density at radius 2 is 2.42 bits per heavy atom. The highest BCUT2D eigenvalue weighted by molar-refractivity contribution is 7.13. The van der Waals surface area contributed by atoms with Crippen molar-refractivity contribution in [3.05, 3.63) is 35.7 Å². The first-order valence-electron chi connectivity index (χ1n) is 6.38. The van der Waals surface area contributed by atoms with E-state index in [0.717, 1.165) is 30.3 Å². The number of hydrogen-bond acceptors (Lipinski definition) is 5. The fourth-order valence-corrected chi connectivity index (χ4v) is 3.71. The van der Waals surface area contributed by atoms with E-state index >= 15 is 0 Å². The molecule has 19 heavy (non-hydrogen) atoms. The van der Waals surface area contributed by atoms with E-state index in [1.807, 2.05) is 17.5 Å². The number of carbonyl (C=O) groups excluding carboxylic acids is 1. The van der Waals surface area contributed by atoms with Crippen molar-refractivity contribution in [3.63, 3.8) is 0 Å². The van der Waals surface area contributed by atoms with Gasteiger partial charge in [0.25, 0.3) is 0 Å². The van der Waals surface area contributed by atoms with Gasteiger partial charge in [-0.3, -0.25) is 14.6 Å². The minimum Gasteiger partial charge on any atom is -0.466 e. The Bertz CT molecular complexity index is 581. The Balaban J connectivity index is 1.81. The molecule has 0 saturated carbocycles. The Morgan fingerprint density at radius 3 is 3.16 bits per heavy atom. The van der Waals surface area contributed by atoms with Crippen LogP contribution in [0.4, 0.5) is 5.13 Å². The number of thiazole rings is 1. The van der Waals surface area contributed by atoms with Gasteiger partial charge in [0.05, 0.1) is 12.3 Å². The maximum absolute atomic E-state index is 12.6. The van der Waals surface area contributed by atoms with E-state index < -0.39 is 0 Å². The lowest BCUT2D eigenvalue weighted by Gasteiger charge is -2.25. The van der Waals surface area contributed by atoms with Crippen LogP contribution in [0.1, 0.15) is 24.8 Å². The van der Waals surface area contributed by atoms with Gasteiger partial charge in [-0.15, -0.1) is 11.3 Å². The molecule has 2 aromatic rings. The third-order valence-corrected chi connectivity index (χ3v) is 4.57. The van der Waals surface area contributed by atoms with Gasteiger partial charge in [0.1, 0.15) is 5.76 Å². The summed E-state index contributed by atoms with van der Waals surface area (Å²) in [5.41, 5.74) is 0. The van der Waals surface area contributed by atoms with E-state index in [9.17, 15) is 4.79 Å². The molecule has 2 atom stereocenters. The summed E-state index contributed by atoms with van der Waals surface area (Å²) < 4.78 is 5.54. The predicted molar refractivity (Wildman–Crippen MR) is 70.8 cm³/mol. The monoisotopic (exact) mass is 275 g/mol. The van der Waals surface area contributed by atoms with Crippen molar-refractivity contribution >= 4 is 22.4 Å². The molecule has 6 heteroatoms. The summed E-state index contributed by atoms with van der Waals surface area (Å²) in [6.45, 7) is 0.934. The second kappa shape index (κ2) is 4.18. The molecule has 0 bridgehead atoms. The molecule has 0 aromatic carbocycles. The number of furan rings is 1. The summed E-state index contributed by atoms with van der Waals surface area (Å²) >= 11 is 1.49. The molecule has 0 N–H and O–H groups in total. The maximum Gasteiger partial charge on any atom is 0.247 e. The van der Waals surface area contributed by atoms with Crippen LogP contribution in [0.15, 0.2) is 34.4 Å². The lowest BCUT2D eigenvalue weighted by Crippen LogP contribution is -2.31. The number of nitrogens with zero attached hydrogens (tertiary/aromatic N) is 3. The van der Waals surface area contributed by atoms with Crippen LogP contribution in [0.3, 0.4) is 0 Å². The van der Waals surface area contributed by atoms with Gasteiger partial charge in [0.15, 0.2) is 11.3 Å². The lowest BCUT2D eigenvalue weighted by atomic mass is 10.2. The topological polar surface area (TPSA) is 49.6 Å². The van der Waals surface area contributed by atoms with Crippen LogP contribution in [-0.2, 0) is 4.79 Å². The van der Waals surface area contributed by atoms with Crippen LogP contribution in [0.25, 0.3) is 0 Å². The Hall–Kier alpha value is -1.66. The third kappa shape index (κ3) is 1.56. The van der Waals surface area contributed by atoms with Gasteiger partial charge >= 0.3 is 0 Å². The molecule has 2 unspecified atom stereocenters. The van der Waals surface area contributed by atoms with Gasteiger partial charge in [-0.1, -0.05) is 0 Å². The minimum absolute atomic E-state index is 0.0148. The average molecular weight is 275 g/mol. The molecule has 0 aliphatic carbocycles. The second-order valence-electron chi connectivity index (χ2n) is 4.81. The number of aromatic nitrogens is 1. The minimum atomic E-state index is -0.138. The van der Waals surface area contributed by atoms with Crippen LogP contribution in [-0.4, -0.2) is 28.4 Å². The Morgan fingerprint density at radius 1 is 1.47 bits per heavy atom. The Kier molecular flexibility index (Phi) is 2.46. The molecule has 1 amide bonds. The summed E-state index contributed by atoms with van der Waals surface area (Å²) in [5, 5.41) is 2.64.